The first-order valence-electron chi connectivity index (χ1n) is 43.5. The zero-order valence-electron chi connectivity index (χ0n) is 73.4. The van der Waals surface area contributed by atoms with Crippen LogP contribution in [0.25, 0.3) is 0 Å². The SMILES string of the molecule is CC(=O)N[C@H]1[C@H](O[C@@H]2[C@@H](OC[C@H]3O[C@@H](O[C@H]4[C@H](O)[C@@H](NC(C)=O)C(O)O[C@@H]4CO)[C@@H](O)[C@@H](O[C@H]4O[C@H](CO)[C@@H](O)[C@H](O)[C@@H]4O[C@@H]4O[C@H](CO)[C@@H](O[C@@H]5O[C@H](CO)[C@H](O)[C@H](O)[C@H]5O)[C@H](O)[C@H]4NC(C)=O)[C@@H]3O[C@@H]3O[C@H](CO)[C@@H](O[C@@H]4O[C@H](CO[C@@H]5O[C@@H](C)[C@@H](O)[C@@H](O)[C@@H]5O)[C@@H](O)[C@H](O)[C@H]4NC(C)=O)[C@H](O)[C@H]3NC(C)=O)O[C@H](CO)[C@@H](O)[C@@H]2O)O[C@H](CO)[C@@H](O[C@@H]2O[C@H](CO)[C@H](O)[C@H](O)[C@H]2O)[C@@H]1O. The number of ether oxygens (including phenoxy) is 21. The van der Waals surface area contributed by atoms with Crippen LogP contribution in [0.1, 0.15) is 41.5 Å². The van der Waals surface area contributed by atoms with Gasteiger partial charge in [-0.05, 0) is 6.92 Å². The number of rotatable bonds is 35. The molecule has 0 aromatic rings. The quantitative estimate of drug-likeness (QED) is 0.0280. The minimum atomic E-state index is -2.80. The van der Waals surface area contributed by atoms with E-state index in [0.717, 1.165) is 34.6 Å². The van der Waals surface area contributed by atoms with Crippen LogP contribution < -0.4 is 26.6 Å². The molecule has 1 unspecified atom stereocenters. The van der Waals surface area contributed by atoms with Crippen LogP contribution in [0.4, 0.5) is 0 Å². The molecule has 5 amide bonds. The number of hydrogen-bond acceptors (Lipinski definition) is 55. The second-order valence-electron chi connectivity index (χ2n) is 34.5. The Labute approximate surface area is 770 Å². The van der Waals surface area contributed by atoms with E-state index >= 15 is 0 Å². The molecule has 11 saturated heterocycles. The summed E-state index contributed by atoms with van der Waals surface area (Å²) in [6, 6.07) is -10.2. The smallest absolute Gasteiger partial charge is 0.217 e. The molecule has 11 fully saturated rings. The van der Waals surface area contributed by atoms with Crippen LogP contribution in [0.2, 0.25) is 0 Å². The van der Waals surface area contributed by atoms with Crippen LogP contribution in [0, 0.1) is 0 Å². The van der Waals surface area contributed by atoms with Gasteiger partial charge >= 0.3 is 0 Å². The van der Waals surface area contributed by atoms with Crippen LogP contribution in [-0.2, 0) is 123 Å². The van der Waals surface area contributed by atoms with Gasteiger partial charge in [-0.25, -0.2) is 0 Å². The van der Waals surface area contributed by atoms with Gasteiger partial charge in [0.1, 0.15) is 262 Å². The van der Waals surface area contributed by atoms with Gasteiger partial charge in [-0.1, -0.05) is 0 Å². The highest BCUT2D eigenvalue weighted by Crippen LogP contribution is 2.42. The van der Waals surface area contributed by atoms with Crippen molar-refractivity contribution in [3.05, 3.63) is 0 Å². The Morgan fingerprint density at radius 2 is 0.456 bits per heavy atom. The van der Waals surface area contributed by atoms with Crippen LogP contribution in [0.3, 0.4) is 0 Å². The topological polar surface area (TPSA) is 926 Å². The monoisotopic (exact) mass is 1990 g/mol. The molecular formula is C76H127N5O55. The van der Waals surface area contributed by atoms with E-state index in [0.29, 0.717) is 0 Å². The fourth-order valence-corrected chi connectivity index (χ4v) is 17.7. The van der Waals surface area contributed by atoms with Crippen molar-refractivity contribution in [1.29, 1.82) is 0 Å². The van der Waals surface area contributed by atoms with Gasteiger partial charge in [-0.3, -0.25) is 24.0 Å². The highest BCUT2D eigenvalue weighted by Gasteiger charge is 2.63. The third-order valence-corrected chi connectivity index (χ3v) is 24.9. The summed E-state index contributed by atoms with van der Waals surface area (Å²) in [7, 11) is 0. The van der Waals surface area contributed by atoms with E-state index in [1.807, 2.05) is 0 Å². The lowest BCUT2D eigenvalue weighted by Gasteiger charge is -2.52. The molecule has 786 valence electrons. The summed E-state index contributed by atoms with van der Waals surface area (Å²) >= 11 is 0. The Morgan fingerprint density at radius 3 is 0.846 bits per heavy atom. The molecule has 60 heteroatoms. The lowest BCUT2D eigenvalue weighted by Crippen LogP contribution is -2.72. The van der Waals surface area contributed by atoms with Crippen molar-refractivity contribution in [2.75, 3.05) is 66.1 Å². The van der Waals surface area contributed by atoms with Gasteiger partial charge in [-0.15, -0.1) is 0 Å². The van der Waals surface area contributed by atoms with E-state index in [1.54, 1.807) is 0 Å². The van der Waals surface area contributed by atoms with E-state index in [-0.39, 0.29) is 0 Å². The van der Waals surface area contributed by atoms with Crippen LogP contribution in [0.15, 0.2) is 0 Å². The van der Waals surface area contributed by atoms with Crippen molar-refractivity contribution in [2.24, 2.45) is 0 Å². The predicted molar refractivity (Wildman–Crippen MR) is 419 cm³/mol. The Morgan fingerprint density at radius 1 is 0.206 bits per heavy atom. The summed E-state index contributed by atoms with van der Waals surface area (Å²) in [5.41, 5.74) is 0. The van der Waals surface area contributed by atoms with Gasteiger partial charge in [0.2, 0.25) is 29.5 Å². The molecule has 0 radical (unpaired) electrons. The number of hydrogen-bond donors (Lipinski definition) is 34. The number of amides is 5. The maximum absolute atomic E-state index is 13.8. The molecule has 11 aliphatic rings. The molecule has 34 N–H and O–H groups in total. The standard InChI is InChI=1S/C76H127N5O55/c1-17-38(95)49(106)54(111)71(118-17)116-15-31-43(100)44(101)34(78-19(3)91)67(127-31)129-59-28(12-87)124-68(35(46(59)103)79-20(4)92)133-62-32(16-117-75-64(52(109)41(98)25(9-84)122-75)135-69-36(80-21(5)93)47(104)60(29(13-88)125-69)130-72-55(112)50(107)39(96)23(7-82)120-72)128-74(132-58-27(11-86)119-66(115)33(45(58)102)77-18(2)90)57(114)63(62)134-76-65(53(110)42(99)26(10-85)123-76)136-70-37(81-22(6)94)48(105)61(30(14-89)126-70)131-73-56(113)51(108)40(97)24(8-83)121-73/h17,23-76,82-89,95-115H,7-16H2,1-6H3,(H,77,90)(H,78,91)(H,79,92)(H,80,93)(H,81,94)/t17-,23+,24+,25+,26+,27+,28+,29+,30+,31+,32+,33+,34+,35+,36+,37+,38+,39-,40-,41+,42+,43+,44+,45+,46+,47+,48+,49+,50-,51-,52-,53-,54-,55+,56+,57-,58+,59+,60+,61+,62+,63+,64-,65-,66?,67-,68-,69-,70-,71+,72-,73-,74-,75-,76+/m0/s1. The Kier molecular flexibility index (Phi) is 40.1. The number of nitrogens with one attached hydrogen (secondary N) is 5. The number of aliphatic hydroxyl groups excluding tert-OH is 29. The van der Waals surface area contributed by atoms with E-state index < -0.39 is 433 Å². The molecule has 0 aromatic carbocycles. The van der Waals surface area contributed by atoms with E-state index in [1.165, 1.54) is 6.92 Å². The summed E-state index contributed by atoms with van der Waals surface area (Å²) in [5, 5.41) is 340. The summed E-state index contributed by atoms with van der Waals surface area (Å²) < 4.78 is 128. The van der Waals surface area contributed by atoms with Gasteiger partial charge in [0.05, 0.1) is 72.2 Å². The Hall–Kier alpha value is -4.65. The lowest BCUT2D eigenvalue weighted by atomic mass is 9.93. The van der Waals surface area contributed by atoms with Gasteiger partial charge in [0.25, 0.3) is 0 Å². The maximum Gasteiger partial charge on any atom is 0.217 e. The molecule has 0 aliphatic carbocycles. The molecule has 136 heavy (non-hydrogen) atoms. The lowest BCUT2D eigenvalue weighted by molar-refractivity contribution is -0.409. The molecule has 0 aromatic heterocycles. The van der Waals surface area contributed by atoms with Gasteiger partial charge in [0.15, 0.2) is 69.2 Å². The first-order chi connectivity index (χ1) is 64.3. The van der Waals surface area contributed by atoms with E-state index in [2.05, 4.69) is 26.6 Å². The minimum Gasteiger partial charge on any atom is -0.394 e. The molecule has 11 heterocycles. The normalized spacial score (nSPS) is 49.2. The van der Waals surface area contributed by atoms with E-state index in [4.69, 9.17) is 99.5 Å². The molecule has 60 nitrogen and oxygen atoms in total. The summed E-state index contributed by atoms with van der Waals surface area (Å²) in [6.45, 7) is -6.03. The van der Waals surface area contributed by atoms with Crippen molar-refractivity contribution in [2.45, 2.75) is 379 Å². The third kappa shape index (κ3) is 24.8. The molecule has 11 aliphatic heterocycles. The van der Waals surface area contributed by atoms with Crippen molar-refractivity contribution >= 4 is 29.5 Å². The maximum atomic E-state index is 13.8. The highest BCUT2D eigenvalue weighted by atomic mass is 16.8. The molecule has 0 bridgehead atoms. The number of carbonyl (C=O) groups is 5. The average Bonchev–Trinajstić information content (AvgIpc) is 0.757. The van der Waals surface area contributed by atoms with Gasteiger partial charge in [-0.2, -0.15) is 0 Å². The summed E-state index contributed by atoms with van der Waals surface area (Å²) in [6.07, 6.45) is -108. The Balaban J connectivity index is 1.02. The average molecular weight is 1990 g/mol. The van der Waals surface area contributed by atoms with Gasteiger partial charge < -0.3 is 274 Å². The van der Waals surface area contributed by atoms with Crippen LogP contribution in [0.5, 0.6) is 0 Å². The van der Waals surface area contributed by atoms with Crippen molar-refractivity contribution in [3.8, 4) is 0 Å². The third-order valence-electron chi connectivity index (χ3n) is 24.9. The van der Waals surface area contributed by atoms with Crippen LogP contribution >= 0.6 is 0 Å². The van der Waals surface area contributed by atoms with Crippen molar-refractivity contribution in [1.82, 2.24) is 26.6 Å². The van der Waals surface area contributed by atoms with Gasteiger partial charge in [0, 0.05) is 34.6 Å². The minimum absolute atomic E-state index is 0.853. The van der Waals surface area contributed by atoms with E-state index in [9.17, 15) is 172 Å². The van der Waals surface area contributed by atoms with Crippen molar-refractivity contribution < 1.29 is 272 Å². The molecule has 55 atom stereocenters. The highest BCUT2D eigenvalue weighted by molar-refractivity contribution is 5.75. The largest absolute Gasteiger partial charge is 0.394 e. The number of carbonyl (C=O) groups excluding carboxylic acids is 5. The molecule has 11 rings (SSSR count). The summed E-state index contributed by atoms with van der Waals surface area (Å²) in [4.78, 5) is 65.9. The molecule has 0 saturated carbocycles. The molecule has 0 spiro atoms. The fourth-order valence-electron chi connectivity index (χ4n) is 17.7. The summed E-state index contributed by atoms with van der Waals surface area (Å²) in [5.74, 6) is -5.03. The number of aliphatic hydroxyl groups is 29. The second-order valence-corrected chi connectivity index (χ2v) is 34.5. The van der Waals surface area contributed by atoms with Crippen LogP contribution in [-0.4, -0.2) is 581 Å². The van der Waals surface area contributed by atoms with Crippen molar-refractivity contribution in [3.63, 3.8) is 0 Å². The first-order valence-corrected chi connectivity index (χ1v) is 43.5. The zero-order chi connectivity index (χ0) is 100. The fraction of sp³-hybridized carbons (Fsp3) is 0.934. The first kappa shape index (κ1) is 112. The second kappa shape index (κ2) is 48.8. The Bertz CT molecular complexity index is 3760. The predicted octanol–water partition coefficient (Wildman–Crippen LogP) is -23.2. The zero-order valence-corrected chi connectivity index (χ0v) is 73.4. The molecular weight excluding hydrogens is 1860 g/mol.